The van der Waals surface area contributed by atoms with Crippen LogP contribution in [-0.2, 0) is 21.4 Å². The lowest BCUT2D eigenvalue weighted by Gasteiger charge is -2.28. The predicted molar refractivity (Wildman–Crippen MR) is 104 cm³/mol. The maximum absolute atomic E-state index is 12.7. The highest BCUT2D eigenvalue weighted by Crippen LogP contribution is 2.32. The maximum atomic E-state index is 12.7. The summed E-state index contributed by atoms with van der Waals surface area (Å²) < 4.78 is 41.5. The van der Waals surface area contributed by atoms with Crippen LogP contribution in [-0.4, -0.2) is 40.5 Å². The molecule has 1 heterocycles. The van der Waals surface area contributed by atoms with Crippen molar-refractivity contribution in [2.75, 3.05) is 24.5 Å². The van der Waals surface area contributed by atoms with E-state index < -0.39 is 22.0 Å². The third-order valence-electron chi connectivity index (χ3n) is 4.30. The van der Waals surface area contributed by atoms with Crippen LogP contribution in [0, 0.1) is 0 Å². The van der Waals surface area contributed by atoms with Crippen molar-refractivity contribution in [2.24, 2.45) is 0 Å². The molecule has 1 amide bonds. The Balaban J connectivity index is 1.75. The van der Waals surface area contributed by atoms with Crippen molar-refractivity contribution in [2.45, 2.75) is 19.5 Å². The van der Waals surface area contributed by atoms with Crippen LogP contribution in [0.5, 0.6) is 17.2 Å². The molecular formula is C19H22N2O6S. The van der Waals surface area contributed by atoms with E-state index in [1.165, 1.54) is 14.0 Å². The Kier molecular flexibility index (Phi) is 5.64. The number of benzene rings is 2. The number of sulfonamides is 1. The van der Waals surface area contributed by atoms with Gasteiger partial charge in [-0.2, -0.15) is 0 Å². The van der Waals surface area contributed by atoms with Gasteiger partial charge in [-0.05, 0) is 36.8 Å². The molecule has 150 valence electrons. The molecule has 28 heavy (non-hydrogen) atoms. The van der Waals surface area contributed by atoms with E-state index >= 15 is 0 Å². The maximum Gasteiger partial charge on any atom is 0.243 e. The number of fused-ring (bicyclic) bond motifs is 1. The monoisotopic (exact) mass is 406 g/mol. The minimum atomic E-state index is -3.70. The Morgan fingerprint density at radius 3 is 2.68 bits per heavy atom. The quantitative estimate of drug-likeness (QED) is 0.755. The van der Waals surface area contributed by atoms with E-state index in [0.717, 1.165) is 16.1 Å². The van der Waals surface area contributed by atoms with Crippen LogP contribution in [0.4, 0.5) is 5.69 Å². The SMILES string of the molecule is COc1cccc(N(C(C)C(=O)NCc2ccc3c(c2)OCO3)S(C)(=O)=O)c1. The van der Waals surface area contributed by atoms with E-state index in [0.29, 0.717) is 22.9 Å². The summed E-state index contributed by atoms with van der Waals surface area (Å²) in [6.45, 7) is 1.94. The zero-order valence-electron chi connectivity index (χ0n) is 15.8. The normalized spacial score (nSPS) is 13.7. The van der Waals surface area contributed by atoms with Gasteiger partial charge in [0.2, 0.25) is 22.7 Å². The zero-order valence-corrected chi connectivity index (χ0v) is 16.7. The molecule has 0 aliphatic carbocycles. The average Bonchev–Trinajstić information content (AvgIpc) is 3.13. The van der Waals surface area contributed by atoms with Crippen molar-refractivity contribution in [3.05, 3.63) is 48.0 Å². The molecule has 3 rings (SSSR count). The highest BCUT2D eigenvalue weighted by molar-refractivity contribution is 7.92. The van der Waals surface area contributed by atoms with Gasteiger partial charge in [-0.1, -0.05) is 12.1 Å². The van der Waals surface area contributed by atoms with Crippen molar-refractivity contribution in [1.82, 2.24) is 5.32 Å². The van der Waals surface area contributed by atoms with Gasteiger partial charge in [-0.3, -0.25) is 9.10 Å². The number of methoxy groups -OCH3 is 1. The van der Waals surface area contributed by atoms with E-state index in [2.05, 4.69) is 5.32 Å². The van der Waals surface area contributed by atoms with Crippen LogP contribution < -0.4 is 23.8 Å². The van der Waals surface area contributed by atoms with Crippen molar-refractivity contribution in [3.8, 4) is 17.2 Å². The lowest BCUT2D eigenvalue weighted by Crippen LogP contribution is -2.47. The van der Waals surface area contributed by atoms with Crippen molar-refractivity contribution in [3.63, 3.8) is 0 Å². The Labute approximate surface area is 164 Å². The average molecular weight is 406 g/mol. The van der Waals surface area contributed by atoms with Gasteiger partial charge in [0.15, 0.2) is 11.5 Å². The first kappa shape index (κ1) is 19.8. The molecule has 9 heteroatoms. The van der Waals surface area contributed by atoms with Crippen LogP contribution in [0.15, 0.2) is 42.5 Å². The number of hydrogen-bond acceptors (Lipinski definition) is 6. The number of nitrogens with zero attached hydrogens (tertiary/aromatic N) is 1. The lowest BCUT2D eigenvalue weighted by atomic mass is 10.2. The number of rotatable bonds is 7. The van der Waals surface area contributed by atoms with Gasteiger partial charge in [-0.15, -0.1) is 0 Å². The number of amides is 1. The fraction of sp³-hybridized carbons (Fsp3) is 0.316. The number of carbonyl (C=O) groups is 1. The first-order chi connectivity index (χ1) is 13.3. The second-order valence-corrected chi connectivity index (χ2v) is 8.20. The van der Waals surface area contributed by atoms with Gasteiger partial charge in [0, 0.05) is 12.6 Å². The largest absolute Gasteiger partial charge is 0.497 e. The predicted octanol–water partition coefficient (Wildman–Crippen LogP) is 1.89. The molecule has 0 spiro atoms. The van der Waals surface area contributed by atoms with Gasteiger partial charge in [0.05, 0.1) is 19.1 Å². The minimum absolute atomic E-state index is 0.173. The highest BCUT2D eigenvalue weighted by Gasteiger charge is 2.29. The molecule has 1 aliphatic rings. The Morgan fingerprint density at radius 2 is 1.96 bits per heavy atom. The first-order valence-electron chi connectivity index (χ1n) is 8.59. The molecular weight excluding hydrogens is 384 g/mol. The summed E-state index contributed by atoms with van der Waals surface area (Å²) in [6, 6.07) is 11.0. The summed E-state index contributed by atoms with van der Waals surface area (Å²) in [5.74, 6) is 1.35. The van der Waals surface area contributed by atoms with Gasteiger partial charge >= 0.3 is 0 Å². The topological polar surface area (TPSA) is 94.2 Å². The molecule has 0 fully saturated rings. The summed E-state index contributed by atoms with van der Waals surface area (Å²) >= 11 is 0. The Hall–Kier alpha value is -2.94. The fourth-order valence-electron chi connectivity index (χ4n) is 2.94. The van der Waals surface area contributed by atoms with Crippen LogP contribution in [0.2, 0.25) is 0 Å². The number of hydrogen-bond donors (Lipinski definition) is 1. The van der Waals surface area contributed by atoms with Gasteiger partial charge in [-0.25, -0.2) is 8.42 Å². The summed E-state index contributed by atoms with van der Waals surface area (Å²) in [5.41, 5.74) is 1.17. The molecule has 1 unspecified atom stereocenters. The smallest absolute Gasteiger partial charge is 0.243 e. The highest BCUT2D eigenvalue weighted by atomic mass is 32.2. The van der Waals surface area contributed by atoms with Gasteiger partial charge in [0.1, 0.15) is 11.8 Å². The van der Waals surface area contributed by atoms with Crippen LogP contribution in [0.3, 0.4) is 0 Å². The fourth-order valence-corrected chi connectivity index (χ4v) is 4.11. The third-order valence-corrected chi connectivity index (χ3v) is 5.54. The molecule has 1 atom stereocenters. The lowest BCUT2D eigenvalue weighted by molar-refractivity contribution is -0.122. The first-order valence-corrected chi connectivity index (χ1v) is 10.4. The van der Waals surface area contributed by atoms with Crippen LogP contribution >= 0.6 is 0 Å². The summed E-state index contributed by atoms with van der Waals surface area (Å²) in [7, 11) is -2.21. The zero-order chi connectivity index (χ0) is 20.3. The second kappa shape index (κ2) is 7.97. The van der Waals surface area contributed by atoms with Crippen molar-refractivity contribution >= 4 is 21.6 Å². The van der Waals surface area contributed by atoms with Crippen LogP contribution in [0.25, 0.3) is 0 Å². The number of anilines is 1. The Morgan fingerprint density at radius 1 is 1.21 bits per heavy atom. The molecule has 0 aromatic heterocycles. The van der Waals surface area contributed by atoms with E-state index in [-0.39, 0.29) is 13.3 Å². The summed E-state index contributed by atoms with van der Waals surface area (Å²) in [6.07, 6.45) is 1.06. The molecule has 0 bridgehead atoms. The molecule has 2 aromatic carbocycles. The molecule has 2 aromatic rings. The molecule has 0 saturated carbocycles. The van der Waals surface area contributed by atoms with E-state index in [4.69, 9.17) is 14.2 Å². The second-order valence-electron chi connectivity index (χ2n) is 6.34. The van der Waals surface area contributed by atoms with Gasteiger partial charge < -0.3 is 19.5 Å². The number of carbonyl (C=O) groups excluding carboxylic acids is 1. The van der Waals surface area contributed by atoms with E-state index in [9.17, 15) is 13.2 Å². The number of nitrogens with one attached hydrogen (secondary N) is 1. The molecule has 1 N–H and O–H groups in total. The molecule has 0 saturated heterocycles. The molecule has 0 radical (unpaired) electrons. The Bertz CT molecular complexity index is 976. The van der Waals surface area contributed by atoms with Gasteiger partial charge in [0.25, 0.3) is 0 Å². The van der Waals surface area contributed by atoms with E-state index in [1.807, 2.05) is 6.07 Å². The number of ether oxygens (including phenoxy) is 3. The third kappa shape index (κ3) is 4.30. The minimum Gasteiger partial charge on any atom is -0.497 e. The van der Waals surface area contributed by atoms with E-state index in [1.54, 1.807) is 36.4 Å². The van der Waals surface area contributed by atoms with Crippen LogP contribution in [0.1, 0.15) is 12.5 Å². The summed E-state index contributed by atoms with van der Waals surface area (Å²) in [4.78, 5) is 12.7. The van der Waals surface area contributed by atoms with Crippen molar-refractivity contribution in [1.29, 1.82) is 0 Å². The molecule has 1 aliphatic heterocycles. The summed E-state index contributed by atoms with van der Waals surface area (Å²) in [5, 5.41) is 2.77. The standard InChI is InChI=1S/C19H22N2O6S/c1-13(21(28(3,23)24)15-5-4-6-16(10-15)25-2)19(22)20-11-14-7-8-17-18(9-14)27-12-26-17/h4-10,13H,11-12H2,1-3H3,(H,20,22). The molecule has 8 nitrogen and oxygen atoms in total. The van der Waals surface area contributed by atoms with Crippen molar-refractivity contribution < 1.29 is 27.4 Å².